The standard InChI is InChI=1S/C23H30N2O5/c1-14-8-5-6-11-21(14)24-22(26)17(4)29-23(27)18-9-7-10-19(12-18)28-13-20-15(2)25-30-16(20)3/h7,9-10,12,14,17,21H,5-6,8,11,13H2,1-4H3,(H,24,26). The van der Waals surface area contributed by atoms with Crippen molar-refractivity contribution < 1.29 is 23.6 Å². The number of rotatable bonds is 7. The molecule has 7 heteroatoms. The van der Waals surface area contributed by atoms with Crippen molar-refractivity contribution in [3.05, 3.63) is 46.8 Å². The molecule has 1 aliphatic rings. The van der Waals surface area contributed by atoms with E-state index in [-0.39, 0.29) is 18.6 Å². The number of ether oxygens (including phenoxy) is 2. The van der Waals surface area contributed by atoms with Crippen molar-refractivity contribution in [2.75, 3.05) is 0 Å². The average molecular weight is 415 g/mol. The average Bonchev–Trinajstić information content (AvgIpc) is 3.05. The van der Waals surface area contributed by atoms with Gasteiger partial charge in [-0.05, 0) is 57.7 Å². The van der Waals surface area contributed by atoms with Crippen LogP contribution < -0.4 is 10.1 Å². The third kappa shape index (κ3) is 5.40. The van der Waals surface area contributed by atoms with E-state index in [1.165, 1.54) is 6.42 Å². The molecule has 3 atom stereocenters. The van der Waals surface area contributed by atoms with Crippen molar-refractivity contribution in [1.82, 2.24) is 10.5 Å². The normalized spacial score (nSPS) is 19.7. The fourth-order valence-corrected chi connectivity index (χ4v) is 3.69. The molecule has 0 saturated heterocycles. The lowest BCUT2D eigenvalue weighted by molar-refractivity contribution is -0.130. The number of amides is 1. The van der Waals surface area contributed by atoms with Gasteiger partial charge in [0.15, 0.2) is 6.10 Å². The highest BCUT2D eigenvalue weighted by Gasteiger charge is 2.26. The highest BCUT2D eigenvalue weighted by Crippen LogP contribution is 2.24. The third-order valence-corrected chi connectivity index (χ3v) is 5.73. The van der Waals surface area contributed by atoms with Gasteiger partial charge in [-0.2, -0.15) is 0 Å². The summed E-state index contributed by atoms with van der Waals surface area (Å²) in [4.78, 5) is 25.0. The molecule has 1 aromatic carbocycles. The molecular formula is C23H30N2O5. The van der Waals surface area contributed by atoms with E-state index in [1.807, 2.05) is 13.8 Å². The molecule has 0 aliphatic heterocycles. The minimum absolute atomic E-state index is 0.147. The van der Waals surface area contributed by atoms with Crippen LogP contribution in [0.5, 0.6) is 5.75 Å². The summed E-state index contributed by atoms with van der Waals surface area (Å²) >= 11 is 0. The minimum atomic E-state index is -0.862. The van der Waals surface area contributed by atoms with E-state index >= 15 is 0 Å². The Labute approximate surface area is 177 Å². The van der Waals surface area contributed by atoms with Crippen LogP contribution in [0.25, 0.3) is 0 Å². The van der Waals surface area contributed by atoms with Crippen LogP contribution in [0.15, 0.2) is 28.8 Å². The highest BCUT2D eigenvalue weighted by atomic mass is 16.5. The summed E-state index contributed by atoms with van der Waals surface area (Å²) in [5.41, 5.74) is 1.98. The summed E-state index contributed by atoms with van der Waals surface area (Å²) < 4.78 is 16.3. The first-order chi connectivity index (χ1) is 14.3. The Hall–Kier alpha value is -2.83. The maximum absolute atomic E-state index is 12.5. The van der Waals surface area contributed by atoms with E-state index in [0.29, 0.717) is 23.0 Å². The number of nitrogens with zero attached hydrogens (tertiary/aromatic N) is 1. The number of hydrogen-bond donors (Lipinski definition) is 1. The number of aromatic nitrogens is 1. The second kappa shape index (κ2) is 9.78. The van der Waals surface area contributed by atoms with Crippen molar-refractivity contribution in [3.63, 3.8) is 0 Å². The first-order valence-electron chi connectivity index (χ1n) is 10.5. The molecule has 0 radical (unpaired) electrons. The van der Waals surface area contributed by atoms with E-state index in [1.54, 1.807) is 31.2 Å². The van der Waals surface area contributed by atoms with E-state index in [2.05, 4.69) is 17.4 Å². The van der Waals surface area contributed by atoms with Crippen LogP contribution in [-0.4, -0.2) is 29.2 Å². The molecule has 1 N–H and O–H groups in total. The van der Waals surface area contributed by atoms with Gasteiger partial charge in [-0.15, -0.1) is 0 Å². The van der Waals surface area contributed by atoms with Gasteiger partial charge in [0.05, 0.1) is 16.8 Å². The molecule has 1 amide bonds. The van der Waals surface area contributed by atoms with Gasteiger partial charge < -0.3 is 19.3 Å². The van der Waals surface area contributed by atoms with Gasteiger partial charge in [0.2, 0.25) is 0 Å². The van der Waals surface area contributed by atoms with E-state index < -0.39 is 12.1 Å². The maximum atomic E-state index is 12.5. The smallest absolute Gasteiger partial charge is 0.339 e. The van der Waals surface area contributed by atoms with Crippen LogP contribution in [-0.2, 0) is 16.1 Å². The lowest BCUT2D eigenvalue weighted by Gasteiger charge is -2.30. The van der Waals surface area contributed by atoms with Crippen molar-refractivity contribution in [2.45, 2.75) is 72.1 Å². The molecular weight excluding hydrogens is 384 g/mol. The summed E-state index contributed by atoms with van der Waals surface area (Å²) in [5.74, 6) is 0.856. The van der Waals surface area contributed by atoms with Crippen molar-refractivity contribution in [2.24, 2.45) is 5.92 Å². The SMILES string of the molecule is Cc1noc(C)c1COc1cccc(C(=O)OC(C)C(=O)NC2CCCCC2C)c1. The first-order valence-corrected chi connectivity index (χ1v) is 10.5. The molecule has 1 saturated carbocycles. The number of aryl methyl sites for hydroxylation is 2. The van der Waals surface area contributed by atoms with Gasteiger partial charge in [-0.25, -0.2) is 4.79 Å². The number of carbonyl (C=O) groups excluding carboxylic acids is 2. The Kier molecular flexibility index (Phi) is 7.13. The zero-order chi connectivity index (χ0) is 21.7. The molecule has 1 aromatic heterocycles. The van der Waals surface area contributed by atoms with Crippen molar-refractivity contribution >= 4 is 11.9 Å². The predicted octanol–water partition coefficient (Wildman–Crippen LogP) is 4.11. The minimum Gasteiger partial charge on any atom is -0.489 e. The number of carbonyl (C=O) groups is 2. The Morgan fingerprint density at radius 2 is 2.03 bits per heavy atom. The zero-order valence-electron chi connectivity index (χ0n) is 18.1. The lowest BCUT2D eigenvalue weighted by Crippen LogP contribution is -2.45. The number of esters is 1. The van der Waals surface area contributed by atoms with E-state index in [4.69, 9.17) is 14.0 Å². The topological polar surface area (TPSA) is 90.7 Å². The van der Waals surface area contributed by atoms with E-state index in [0.717, 1.165) is 30.5 Å². The highest BCUT2D eigenvalue weighted by molar-refractivity contribution is 5.92. The van der Waals surface area contributed by atoms with Crippen LogP contribution >= 0.6 is 0 Å². The predicted molar refractivity (Wildman–Crippen MR) is 111 cm³/mol. The molecule has 1 fully saturated rings. The summed E-state index contributed by atoms with van der Waals surface area (Å²) in [6, 6.07) is 6.87. The fraction of sp³-hybridized carbons (Fsp3) is 0.522. The Balaban J connectivity index is 1.55. The third-order valence-electron chi connectivity index (χ3n) is 5.73. The van der Waals surface area contributed by atoms with Gasteiger partial charge in [-0.1, -0.05) is 31.0 Å². The summed E-state index contributed by atoms with van der Waals surface area (Å²) in [6.07, 6.45) is 3.54. The Morgan fingerprint density at radius 3 is 2.73 bits per heavy atom. The summed E-state index contributed by atoms with van der Waals surface area (Å²) in [7, 11) is 0. The number of benzene rings is 1. The van der Waals surface area contributed by atoms with Crippen LogP contribution in [0.1, 0.15) is 66.9 Å². The van der Waals surface area contributed by atoms with Gasteiger partial charge in [0, 0.05) is 6.04 Å². The van der Waals surface area contributed by atoms with Crippen molar-refractivity contribution in [3.8, 4) is 5.75 Å². The fourth-order valence-electron chi connectivity index (χ4n) is 3.69. The van der Waals surface area contributed by atoms with Gasteiger partial charge >= 0.3 is 5.97 Å². The van der Waals surface area contributed by atoms with E-state index in [9.17, 15) is 9.59 Å². The van der Waals surface area contributed by atoms with Crippen LogP contribution in [0.3, 0.4) is 0 Å². The Bertz CT molecular complexity index is 872. The maximum Gasteiger partial charge on any atom is 0.339 e. The summed E-state index contributed by atoms with van der Waals surface area (Å²) in [6.45, 7) is 7.71. The monoisotopic (exact) mass is 414 g/mol. The lowest BCUT2D eigenvalue weighted by atomic mass is 9.86. The Morgan fingerprint density at radius 1 is 1.27 bits per heavy atom. The molecule has 0 spiro atoms. The zero-order valence-corrected chi connectivity index (χ0v) is 18.1. The van der Waals surface area contributed by atoms with Crippen LogP contribution in [0, 0.1) is 19.8 Å². The molecule has 7 nitrogen and oxygen atoms in total. The molecule has 1 aliphatic carbocycles. The van der Waals surface area contributed by atoms with Gasteiger partial charge in [0.1, 0.15) is 18.1 Å². The van der Waals surface area contributed by atoms with Crippen LogP contribution in [0.2, 0.25) is 0 Å². The number of nitrogens with one attached hydrogen (secondary N) is 1. The van der Waals surface area contributed by atoms with Crippen molar-refractivity contribution in [1.29, 1.82) is 0 Å². The quantitative estimate of drug-likeness (QED) is 0.686. The molecule has 1 heterocycles. The largest absolute Gasteiger partial charge is 0.489 e. The number of hydrogen-bond acceptors (Lipinski definition) is 6. The molecule has 0 bridgehead atoms. The second-order valence-electron chi connectivity index (χ2n) is 8.04. The molecule has 162 valence electrons. The first kappa shape index (κ1) is 21.9. The molecule has 3 unspecified atom stereocenters. The van der Waals surface area contributed by atoms with Crippen LogP contribution in [0.4, 0.5) is 0 Å². The molecule has 30 heavy (non-hydrogen) atoms. The summed E-state index contributed by atoms with van der Waals surface area (Å²) in [5, 5.41) is 6.93. The molecule has 2 aromatic rings. The van der Waals surface area contributed by atoms with Gasteiger partial charge in [-0.3, -0.25) is 4.79 Å². The second-order valence-corrected chi connectivity index (χ2v) is 8.04. The van der Waals surface area contributed by atoms with Gasteiger partial charge in [0.25, 0.3) is 5.91 Å². The molecule has 3 rings (SSSR count).